The molecule has 4 heterocycles. The van der Waals surface area contributed by atoms with E-state index in [-0.39, 0.29) is 43.5 Å². The van der Waals surface area contributed by atoms with Gasteiger partial charge in [0.1, 0.15) is 0 Å². The summed E-state index contributed by atoms with van der Waals surface area (Å²) in [6.45, 7) is 9.12. The van der Waals surface area contributed by atoms with Crippen molar-refractivity contribution in [1.82, 2.24) is 29.9 Å². The second-order valence-electron chi connectivity index (χ2n) is 33.3. The number of nitrogens with zero attached hydrogens (tertiary/aromatic N) is 6. The van der Waals surface area contributed by atoms with Crippen molar-refractivity contribution in [1.29, 1.82) is 0 Å². The van der Waals surface area contributed by atoms with Gasteiger partial charge in [0.2, 0.25) is 0 Å². The molecule has 129 heavy (non-hydrogen) atoms. The third kappa shape index (κ3) is 18.0. The summed E-state index contributed by atoms with van der Waals surface area (Å²) < 4.78 is 0. The van der Waals surface area contributed by atoms with Crippen LogP contribution in [-0.2, 0) is 43.5 Å². The maximum atomic E-state index is 9.47. The molecule has 13 heteroatoms. The van der Waals surface area contributed by atoms with E-state index in [1.807, 2.05) is 103 Å². The Balaban J connectivity index is 0.000000143. The minimum atomic E-state index is -1.43. The van der Waals surface area contributed by atoms with Crippen LogP contribution in [0.1, 0.15) is 49.9 Å². The van der Waals surface area contributed by atoms with E-state index >= 15 is 0 Å². The van der Waals surface area contributed by atoms with Gasteiger partial charge in [-0.15, -0.1) is 17.9 Å². The third-order valence-corrected chi connectivity index (χ3v) is 24.9. The number of rotatable bonds is 14. The first kappa shape index (κ1) is 86.5. The van der Waals surface area contributed by atoms with Gasteiger partial charge in [-0.2, -0.15) is 0 Å². The van der Waals surface area contributed by atoms with Crippen molar-refractivity contribution in [3.63, 3.8) is 0 Å². The number of halogens is 1. The largest absolute Gasteiger partial charge is 0.488 e. The van der Waals surface area contributed by atoms with E-state index in [2.05, 4.69) is 359 Å². The molecule has 22 rings (SSSR count). The van der Waals surface area contributed by atoms with Crippen LogP contribution >= 0.6 is 29.5 Å². The first-order chi connectivity index (χ1) is 62.6. The van der Waals surface area contributed by atoms with Gasteiger partial charge in [0, 0.05) is 107 Å². The fourth-order valence-electron chi connectivity index (χ4n) is 18.0. The maximum absolute atomic E-state index is 9.47. The second kappa shape index (κ2) is 38.0. The first-order valence-corrected chi connectivity index (χ1v) is 45.9. The molecule has 0 saturated heterocycles. The van der Waals surface area contributed by atoms with Crippen LogP contribution in [0.5, 0.6) is 0 Å². The first-order valence-electron chi connectivity index (χ1n) is 42.9. The van der Waals surface area contributed by atoms with Crippen molar-refractivity contribution < 1.29 is 42.8 Å². The van der Waals surface area contributed by atoms with Crippen LogP contribution in [0.2, 0.25) is 5.02 Å². The van der Waals surface area contributed by atoms with Crippen LogP contribution in [0.25, 0.3) is 189 Å². The fraction of sp³-hybridized carbons (Fsp3) is 0.0517. The molecule has 2 aliphatic rings. The average Bonchev–Trinajstić information content (AvgIpc) is 1.57. The van der Waals surface area contributed by atoms with Crippen LogP contribution in [0.3, 0.4) is 0 Å². The van der Waals surface area contributed by atoms with Gasteiger partial charge in [0.25, 0.3) is 0 Å². The molecular formula is C116H88BClN6O2P2Y. The Bertz CT molecular complexity index is 7520. The van der Waals surface area contributed by atoms with Crippen LogP contribution < -0.4 is 5.46 Å². The number of hydrogen-bond donors (Lipinski definition) is 2. The molecular weight excluding hydrogens is 1710 g/mol. The standard InChI is InChI=1S/C58H41N3.C39H26ClN3.C19H17BO2.H4P2.Y/c1-58(2)52-30-28-39-12-6-7-22-50(39)56(52)51-29-27-47(35-53(51)58)45-18-9-16-43(33-45)42-15-8-17-44(32-42)46-19-10-20-48(34-46)55-36-54(60-57(61-55)41-13-4-3-5-14-41)40-25-23-38(24-26-40)49-21-11-31-59-37-49;40-36-16-6-13-33(24-36)31-11-4-10-30(22-31)32-12-5-14-34(23-32)38-25-37(42-39(43-38)29-8-2-1-3-9-29)28-19-17-27(18-20-28)35-15-7-21-41-26-35;1-19(2)16-10-7-12-5-3-4-6-14(12)18(16)15-9-8-13(20(21)22)11-17(15)19;1-2;/h3-37H,1-2H3;1-26H;3-11,21-22H,1-2H3;1-2H2;. The Morgan fingerprint density at radius 2 is 0.566 bits per heavy atom. The van der Waals surface area contributed by atoms with Gasteiger partial charge >= 0.3 is 7.12 Å². The molecule has 2 unspecified atom stereocenters. The molecule has 0 saturated carbocycles. The third-order valence-electron chi connectivity index (χ3n) is 24.7. The fourth-order valence-corrected chi connectivity index (χ4v) is 18.2. The maximum Gasteiger partial charge on any atom is 0.488 e. The molecule has 2 N–H and O–H groups in total. The predicted octanol–water partition coefficient (Wildman–Crippen LogP) is 29.0. The van der Waals surface area contributed by atoms with E-state index in [1.54, 1.807) is 18.5 Å². The Kier molecular flexibility index (Phi) is 25.4. The minimum absolute atomic E-state index is 0. The Hall–Kier alpha value is -13.3. The smallest absolute Gasteiger partial charge is 0.423 e. The van der Waals surface area contributed by atoms with E-state index in [1.165, 1.54) is 82.7 Å². The van der Waals surface area contributed by atoms with E-state index in [0.717, 1.165) is 122 Å². The van der Waals surface area contributed by atoms with Crippen molar-refractivity contribution >= 4 is 63.6 Å². The topological polar surface area (TPSA) is 118 Å². The summed E-state index contributed by atoms with van der Waals surface area (Å²) in [5.41, 5.74) is 36.2. The number of benzene rings is 16. The summed E-state index contributed by atoms with van der Waals surface area (Å²) in [6.07, 6.45) is 7.35. The molecule has 16 aromatic carbocycles. The quantitative estimate of drug-likeness (QED) is 0.0817. The number of aromatic nitrogens is 6. The Morgan fingerprint density at radius 1 is 0.256 bits per heavy atom. The number of pyridine rings is 2. The molecule has 8 nitrogen and oxygen atoms in total. The monoisotopic (exact) mass is 1790 g/mol. The zero-order chi connectivity index (χ0) is 87.4. The van der Waals surface area contributed by atoms with Gasteiger partial charge in [-0.3, -0.25) is 9.97 Å². The zero-order valence-electron chi connectivity index (χ0n) is 71.7. The number of hydrogen-bond acceptors (Lipinski definition) is 8. The van der Waals surface area contributed by atoms with Gasteiger partial charge in [-0.05, 0) is 222 Å². The van der Waals surface area contributed by atoms with Crippen LogP contribution in [0, 0.1) is 0 Å². The molecule has 4 aromatic heterocycles. The van der Waals surface area contributed by atoms with Gasteiger partial charge in [-0.1, -0.05) is 367 Å². The molecule has 0 bridgehead atoms. The average molecular weight is 1800 g/mol. The van der Waals surface area contributed by atoms with Gasteiger partial charge < -0.3 is 10.0 Å². The summed E-state index contributed by atoms with van der Waals surface area (Å²) in [5, 5.41) is 24.8. The molecule has 20 aromatic rings. The zero-order valence-corrected chi connectivity index (χ0v) is 77.6. The van der Waals surface area contributed by atoms with Gasteiger partial charge in [-0.25, -0.2) is 19.9 Å². The molecule has 0 amide bonds. The minimum Gasteiger partial charge on any atom is -0.423 e. The van der Waals surface area contributed by atoms with Crippen molar-refractivity contribution in [2.24, 2.45) is 0 Å². The molecule has 0 fully saturated rings. The SMILES string of the molecule is CC1(C)c2cc(-c3cccc(-c4cccc(-c5cccc(-c6cc(-c7ccc(-c8cccnc8)cc7)nc(-c7ccccc7)n6)c5)c4)c3)ccc2-c2c1ccc1ccccc21.CC1(C)c2cc(B(O)O)ccc2-c2c1ccc1ccccc21.Clc1cccc(-c2cccc(-c3cccc(-c4cc(-c5ccc(-c6cccnc6)cc5)nc(-c5ccccc5)n4)c3)c2)c1.PP.[Y]. The van der Waals surface area contributed by atoms with Crippen molar-refractivity contribution in [2.75, 3.05) is 0 Å². The summed E-state index contributed by atoms with van der Waals surface area (Å²) in [5.74, 6) is 1.39. The van der Waals surface area contributed by atoms with E-state index in [9.17, 15) is 10.0 Å². The normalized spacial score (nSPS) is 12.1. The molecule has 0 spiro atoms. The second-order valence-corrected chi connectivity index (χ2v) is 33.8. The summed E-state index contributed by atoms with van der Waals surface area (Å²) in [4.78, 5) is 28.8. The van der Waals surface area contributed by atoms with Crippen LogP contribution in [-0.4, -0.2) is 47.1 Å². The van der Waals surface area contributed by atoms with Crippen molar-refractivity contribution in [3.05, 3.63) is 452 Å². The van der Waals surface area contributed by atoms with Gasteiger partial charge in [0.05, 0.1) is 22.8 Å². The van der Waals surface area contributed by atoms with Crippen LogP contribution in [0.15, 0.2) is 425 Å². The summed E-state index contributed by atoms with van der Waals surface area (Å²) in [7, 11) is 3.24. The summed E-state index contributed by atoms with van der Waals surface area (Å²) >= 11 is 6.28. The van der Waals surface area contributed by atoms with Crippen LogP contribution in [0.4, 0.5) is 0 Å². The van der Waals surface area contributed by atoms with E-state index < -0.39 is 7.12 Å². The number of fused-ring (bicyclic) bond motifs is 10. The summed E-state index contributed by atoms with van der Waals surface area (Å²) in [6, 6.07) is 140. The molecule has 0 aliphatic heterocycles. The molecule has 2 atom stereocenters. The molecule has 1 radical (unpaired) electrons. The van der Waals surface area contributed by atoms with E-state index in [4.69, 9.17) is 31.5 Å². The molecule has 2 aliphatic carbocycles. The van der Waals surface area contributed by atoms with Gasteiger partial charge in [0.15, 0.2) is 11.6 Å². The van der Waals surface area contributed by atoms with Crippen molar-refractivity contribution in [2.45, 2.75) is 38.5 Å². The molecule has 617 valence electrons. The predicted molar refractivity (Wildman–Crippen MR) is 541 cm³/mol. The Morgan fingerprint density at radius 3 is 0.953 bits per heavy atom. The Labute approximate surface area is 788 Å². The van der Waals surface area contributed by atoms with E-state index in [0.29, 0.717) is 17.1 Å². The van der Waals surface area contributed by atoms with Crippen molar-refractivity contribution in [3.8, 4) is 168 Å².